The Morgan fingerprint density at radius 3 is 2.48 bits per heavy atom. The first-order chi connectivity index (χ1) is 9.95. The number of benzene rings is 2. The van der Waals surface area contributed by atoms with Gasteiger partial charge in [-0.25, -0.2) is 0 Å². The number of halogens is 3. The summed E-state index contributed by atoms with van der Waals surface area (Å²) in [5, 5.41) is 13.2. The Labute approximate surface area is 153 Å². The first-order valence-corrected chi connectivity index (χ1v) is 8.50. The van der Waals surface area contributed by atoms with Crippen LogP contribution in [0.15, 0.2) is 30.3 Å². The number of carbonyl (C=O) groups excluding carboxylic acids is 1. The lowest BCUT2D eigenvalue weighted by molar-refractivity contribution is -0.110. The fourth-order valence-corrected chi connectivity index (χ4v) is 4.13. The van der Waals surface area contributed by atoms with Gasteiger partial charge in [0.05, 0.1) is 7.14 Å². The van der Waals surface area contributed by atoms with Gasteiger partial charge in [0.25, 0.3) is 5.91 Å². The quantitative estimate of drug-likeness (QED) is 0.419. The van der Waals surface area contributed by atoms with Crippen LogP contribution in [-0.2, 0) is 4.79 Å². The highest BCUT2D eigenvalue weighted by Gasteiger charge is 2.24. The van der Waals surface area contributed by atoms with E-state index < -0.39 is 0 Å². The minimum absolute atomic E-state index is 0.148. The van der Waals surface area contributed by atoms with Gasteiger partial charge >= 0.3 is 0 Å². The van der Waals surface area contributed by atoms with Gasteiger partial charge in [-0.15, -0.1) is 0 Å². The summed E-state index contributed by atoms with van der Waals surface area (Å²) >= 11 is 10.1. The average molecular weight is 523 g/mol. The maximum Gasteiger partial charge on any atom is 0.256 e. The van der Waals surface area contributed by atoms with E-state index in [9.17, 15) is 9.90 Å². The maximum absolute atomic E-state index is 12.1. The van der Waals surface area contributed by atoms with Crippen LogP contribution in [0.4, 0.5) is 5.69 Å². The van der Waals surface area contributed by atoms with Gasteiger partial charge in [-0.3, -0.25) is 4.79 Å². The summed E-state index contributed by atoms with van der Waals surface area (Å²) in [7, 11) is 0. The van der Waals surface area contributed by atoms with E-state index in [0.717, 1.165) is 24.0 Å². The molecular formula is C15H8ClI2NO2. The van der Waals surface area contributed by atoms with Crippen LogP contribution < -0.4 is 5.32 Å². The van der Waals surface area contributed by atoms with Crippen LogP contribution in [-0.4, -0.2) is 11.0 Å². The van der Waals surface area contributed by atoms with Crippen LogP contribution in [0.2, 0.25) is 5.02 Å². The van der Waals surface area contributed by atoms with Gasteiger partial charge in [-0.05, 0) is 87.2 Å². The minimum atomic E-state index is -0.148. The molecule has 0 fully saturated rings. The van der Waals surface area contributed by atoms with Gasteiger partial charge in [0.2, 0.25) is 0 Å². The zero-order valence-corrected chi connectivity index (χ0v) is 15.5. The number of amides is 1. The number of nitrogens with one attached hydrogen (secondary N) is 1. The lowest BCUT2D eigenvalue weighted by Gasteiger charge is -2.04. The van der Waals surface area contributed by atoms with E-state index in [0.29, 0.717) is 10.6 Å². The van der Waals surface area contributed by atoms with Crippen molar-refractivity contribution in [1.29, 1.82) is 0 Å². The standard InChI is InChI=1S/C15H8ClI2NO2/c16-8-1-2-13-9(6-8)10(15(21)19-13)3-7-4-11(17)14(20)12(18)5-7/h1-6,20H,(H,19,21)/b10-3-. The van der Waals surface area contributed by atoms with E-state index in [-0.39, 0.29) is 11.7 Å². The molecule has 6 heteroatoms. The highest BCUT2D eigenvalue weighted by Crippen LogP contribution is 2.36. The summed E-state index contributed by atoms with van der Waals surface area (Å²) < 4.78 is 1.49. The first kappa shape index (κ1) is 15.1. The van der Waals surface area contributed by atoms with Crippen molar-refractivity contribution in [3.8, 4) is 5.75 Å². The van der Waals surface area contributed by atoms with Gasteiger partial charge in [0, 0.05) is 21.8 Å². The van der Waals surface area contributed by atoms with Crippen molar-refractivity contribution < 1.29 is 9.90 Å². The number of fused-ring (bicyclic) bond motifs is 1. The predicted molar refractivity (Wildman–Crippen MR) is 101 cm³/mol. The molecule has 0 atom stereocenters. The maximum atomic E-state index is 12.1. The normalized spacial score (nSPS) is 15.2. The number of aromatic hydroxyl groups is 1. The van der Waals surface area contributed by atoms with Crippen LogP contribution in [0, 0.1) is 7.14 Å². The lowest BCUT2D eigenvalue weighted by Crippen LogP contribution is -2.03. The molecule has 0 aromatic heterocycles. The number of rotatable bonds is 1. The Kier molecular flexibility index (Phi) is 4.15. The molecule has 0 spiro atoms. The fraction of sp³-hybridized carbons (Fsp3) is 0. The molecule has 106 valence electrons. The smallest absolute Gasteiger partial charge is 0.256 e. The minimum Gasteiger partial charge on any atom is -0.506 e. The second-order valence-electron chi connectivity index (χ2n) is 4.54. The monoisotopic (exact) mass is 523 g/mol. The number of phenols is 1. The predicted octanol–water partition coefficient (Wildman–Crippen LogP) is 4.75. The molecule has 0 bridgehead atoms. The van der Waals surface area contributed by atoms with Crippen LogP contribution >= 0.6 is 56.8 Å². The van der Waals surface area contributed by atoms with Crippen LogP contribution in [0.1, 0.15) is 11.1 Å². The third-order valence-electron chi connectivity index (χ3n) is 3.11. The molecule has 0 saturated carbocycles. The van der Waals surface area contributed by atoms with Gasteiger partial charge in [-0.1, -0.05) is 11.6 Å². The molecule has 0 unspecified atom stereocenters. The second-order valence-corrected chi connectivity index (χ2v) is 7.30. The molecule has 1 aliphatic heterocycles. The van der Waals surface area contributed by atoms with E-state index in [1.165, 1.54) is 0 Å². The SMILES string of the molecule is O=C1Nc2ccc(Cl)cc2/C1=C/c1cc(I)c(O)c(I)c1. The molecule has 1 heterocycles. The molecule has 0 saturated heterocycles. The largest absolute Gasteiger partial charge is 0.506 e. The van der Waals surface area contributed by atoms with Crippen molar-refractivity contribution in [1.82, 2.24) is 0 Å². The number of hydrogen-bond donors (Lipinski definition) is 2. The van der Waals surface area contributed by atoms with Gasteiger partial charge in [0.1, 0.15) is 5.75 Å². The highest BCUT2D eigenvalue weighted by atomic mass is 127. The van der Waals surface area contributed by atoms with E-state index in [2.05, 4.69) is 50.5 Å². The van der Waals surface area contributed by atoms with Crippen molar-refractivity contribution in [2.45, 2.75) is 0 Å². The van der Waals surface area contributed by atoms with Crippen molar-refractivity contribution in [2.24, 2.45) is 0 Å². The third-order valence-corrected chi connectivity index (χ3v) is 4.99. The van der Waals surface area contributed by atoms with Crippen molar-refractivity contribution in [2.75, 3.05) is 5.32 Å². The summed E-state index contributed by atoms with van der Waals surface area (Å²) in [4.78, 5) is 12.1. The number of hydrogen-bond acceptors (Lipinski definition) is 2. The molecular weight excluding hydrogens is 515 g/mol. The molecule has 0 radical (unpaired) electrons. The summed E-state index contributed by atoms with van der Waals surface area (Å²) in [6.07, 6.45) is 1.81. The van der Waals surface area contributed by atoms with Crippen LogP contribution in [0.5, 0.6) is 5.75 Å². The molecule has 1 amide bonds. The summed E-state index contributed by atoms with van der Waals surface area (Å²) in [6.45, 7) is 0. The third kappa shape index (κ3) is 2.91. The number of anilines is 1. The van der Waals surface area contributed by atoms with E-state index in [1.807, 2.05) is 12.1 Å². The molecule has 2 aromatic carbocycles. The van der Waals surface area contributed by atoms with E-state index in [1.54, 1.807) is 24.3 Å². The molecule has 2 N–H and O–H groups in total. The van der Waals surface area contributed by atoms with Crippen molar-refractivity contribution in [3.63, 3.8) is 0 Å². The average Bonchev–Trinajstić information content (AvgIpc) is 2.72. The zero-order valence-electron chi connectivity index (χ0n) is 10.5. The first-order valence-electron chi connectivity index (χ1n) is 5.96. The Morgan fingerprint density at radius 2 is 1.81 bits per heavy atom. The molecule has 3 rings (SSSR count). The Morgan fingerprint density at radius 1 is 1.14 bits per heavy atom. The van der Waals surface area contributed by atoms with Crippen LogP contribution in [0.25, 0.3) is 11.6 Å². The zero-order chi connectivity index (χ0) is 15.1. The fourth-order valence-electron chi connectivity index (χ4n) is 2.14. The Balaban J connectivity index is 2.13. The van der Waals surface area contributed by atoms with Crippen LogP contribution in [0.3, 0.4) is 0 Å². The molecule has 1 aliphatic rings. The van der Waals surface area contributed by atoms with Crippen molar-refractivity contribution in [3.05, 3.63) is 53.6 Å². The van der Waals surface area contributed by atoms with Gasteiger partial charge in [-0.2, -0.15) is 0 Å². The molecule has 2 aromatic rings. The van der Waals surface area contributed by atoms with Gasteiger partial charge in [0.15, 0.2) is 0 Å². The molecule has 21 heavy (non-hydrogen) atoms. The van der Waals surface area contributed by atoms with Crippen molar-refractivity contribution >= 4 is 80.0 Å². The Bertz CT molecular complexity index is 779. The highest BCUT2D eigenvalue weighted by molar-refractivity contribution is 14.1. The topological polar surface area (TPSA) is 49.3 Å². The summed E-state index contributed by atoms with van der Waals surface area (Å²) in [5.74, 6) is 0.114. The van der Waals surface area contributed by atoms with Gasteiger partial charge < -0.3 is 10.4 Å². The summed E-state index contributed by atoms with van der Waals surface area (Å²) in [6, 6.07) is 8.98. The lowest BCUT2D eigenvalue weighted by atomic mass is 10.0. The Hall–Kier alpha value is -0.800. The van der Waals surface area contributed by atoms with E-state index in [4.69, 9.17) is 11.6 Å². The second kappa shape index (κ2) is 5.77. The van der Waals surface area contributed by atoms with E-state index >= 15 is 0 Å². The number of phenolic OH excluding ortho intramolecular Hbond substituents is 1. The molecule has 0 aliphatic carbocycles. The number of carbonyl (C=O) groups is 1. The molecule has 3 nitrogen and oxygen atoms in total. The summed E-state index contributed by atoms with van der Waals surface area (Å²) in [5.41, 5.74) is 2.99.